The third-order valence-electron chi connectivity index (χ3n) is 2.41. The van der Waals surface area contributed by atoms with Crippen molar-refractivity contribution in [2.24, 2.45) is 0 Å². The zero-order valence-electron chi connectivity index (χ0n) is 8.31. The van der Waals surface area contributed by atoms with Gasteiger partial charge >= 0.3 is 105 Å². The van der Waals surface area contributed by atoms with Crippen molar-refractivity contribution in [3.05, 3.63) is 33.4 Å². The van der Waals surface area contributed by atoms with Gasteiger partial charge in [-0.2, -0.15) is 0 Å². The second-order valence-corrected chi connectivity index (χ2v) is 6.38. The minimum absolute atomic E-state index is 0.378. The van der Waals surface area contributed by atoms with E-state index in [1.54, 1.807) is 0 Å². The van der Waals surface area contributed by atoms with Crippen molar-refractivity contribution in [3.63, 3.8) is 0 Å². The Morgan fingerprint density at radius 1 is 1.00 bits per heavy atom. The molecule has 0 saturated carbocycles. The summed E-state index contributed by atoms with van der Waals surface area (Å²) in [6.07, 6.45) is -11.4. The molecule has 9 heteroatoms. The summed E-state index contributed by atoms with van der Waals surface area (Å²) in [5.41, 5.74) is -5.46. The second-order valence-electron chi connectivity index (χ2n) is 3.46. The topological polar surface area (TPSA) is 29.5 Å². The molecule has 0 saturated heterocycles. The van der Waals surface area contributed by atoms with Crippen LogP contribution in [0.2, 0.25) is 0 Å². The predicted molar refractivity (Wildman–Crippen MR) is 56.3 cm³/mol. The minimum atomic E-state index is -5.68. The second kappa shape index (κ2) is 3.97. The van der Waals surface area contributed by atoms with Gasteiger partial charge < -0.3 is 0 Å². The Kier molecular flexibility index (Phi) is 3.06. The SMILES string of the molecule is OI1OC(C(F)(F)F)(C(F)(F)F)c2ccccc21. The summed E-state index contributed by atoms with van der Waals surface area (Å²) in [5.74, 6) is 0. The molecule has 1 N–H and O–H groups in total. The Balaban J connectivity index is 2.74. The zero-order chi connectivity index (χ0) is 13.8. The van der Waals surface area contributed by atoms with E-state index in [0.29, 0.717) is 6.07 Å². The first kappa shape index (κ1) is 13.9. The van der Waals surface area contributed by atoms with Crippen LogP contribution in [-0.2, 0) is 8.67 Å². The van der Waals surface area contributed by atoms with E-state index in [0.717, 1.165) is 12.1 Å². The number of hydrogen-bond donors (Lipinski definition) is 1. The van der Waals surface area contributed by atoms with Crippen LogP contribution in [0.1, 0.15) is 5.56 Å². The average molecular weight is 386 g/mol. The maximum atomic E-state index is 12.8. The van der Waals surface area contributed by atoms with E-state index in [-0.39, 0.29) is 3.57 Å². The molecule has 2 rings (SSSR count). The van der Waals surface area contributed by atoms with E-state index in [9.17, 15) is 29.8 Å². The first-order chi connectivity index (χ1) is 8.11. The number of fused-ring (bicyclic) bond motifs is 1. The molecule has 1 aromatic carbocycles. The van der Waals surface area contributed by atoms with Crippen LogP contribution in [0.15, 0.2) is 24.3 Å². The summed E-state index contributed by atoms with van der Waals surface area (Å²) >= 11 is -3.90. The van der Waals surface area contributed by atoms with Gasteiger partial charge in [-0.05, 0) is 0 Å². The molecule has 2 nitrogen and oxygen atoms in total. The molecule has 0 spiro atoms. The fourth-order valence-corrected chi connectivity index (χ4v) is 4.81. The molecular formula is C9H5F6IO2. The number of hydrogen-bond acceptors (Lipinski definition) is 2. The van der Waals surface area contributed by atoms with Crippen molar-refractivity contribution in [2.45, 2.75) is 18.0 Å². The van der Waals surface area contributed by atoms with E-state index < -0.39 is 44.2 Å². The van der Waals surface area contributed by atoms with E-state index in [2.05, 4.69) is 3.07 Å². The van der Waals surface area contributed by atoms with Gasteiger partial charge in [-0.3, -0.25) is 0 Å². The van der Waals surface area contributed by atoms with Crippen LogP contribution >= 0.6 is 20.6 Å². The summed E-state index contributed by atoms with van der Waals surface area (Å²) in [5, 5.41) is 0. The maximum absolute atomic E-state index is 12.8. The molecule has 0 aromatic heterocycles. The van der Waals surface area contributed by atoms with Gasteiger partial charge in [0.1, 0.15) is 0 Å². The first-order valence-electron chi connectivity index (χ1n) is 4.43. The van der Waals surface area contributed by atoms with Crippen LogP contribution in [0, 0.1) is 3.57 Å². The van der Waals surface area contributed by atoms with Gasteiger partial charge in [-0.25, -0.2) is 0 Å². The molecule has 0 aliphatic carbocycles. The van der Waals surface area contributed by atoms with Crippen molar-refractivity contribution < 1.29 is 32.8 Å². The molecule has 1 heterocycles. The Labute approximate surface area is 105 Å². The standard InChI is InChI=1S/C9H5F6IO2/c10-8(11,12)7(9(13,14)15)5-3-1-2-4-6(5)16(17)18-7/h1-4,17H. The number of halogens is 7. The molecule has 0 atom stereocenters. The Bertz CT molecular complexity index is 455. The van der Waals surface area contributed by atoms with Crippen LogP contribution in [0.5, 0.6) is 0 Å². The number of alkyl halides is 6. The molecule has 1 aliphatic heterocycles. The van der Waals surface area contributed by atoms with Crippen molar-refractivity contribution in [1.82, 2.24) is 0 Å². The van der Waals surface area contributed by atoms with E-state index >= 15 is 0 Å². The Morgan fingerprint density at radius 2 is 1.50 bits per heavy atom. The van der Waals surface area contributed by atoms with Crippen LogP contribution in [0.4, 0.5) is 26.3 Å². The van der Waals surface area contributed by atoms with Gasteiger partial charge in [0, 0.05) is 0 Å². The van der Waals surface area contributed by atoms with Gasteiger partial charge in [-0.1, -0.05) is 0 Å². The quantitative estimate of drug-likeness (QED) is 0.546. The molecule has 1 aliphatic rings. The van der Waals surface area contributed by atoms with Crippen molar-refractivity contribution >= 4 is 20.6 Å². The van der Waals surface area contributed by atoms with Gasteiger partial charge in [-0.15, -0.1) is 0 Å². The molecule has 18 heavy (non-hydrogen) atoms. The van der Waals surface area contributed by atoms with Gasteiger partial charge in [0.25, 0.3) is 0 Å². The van der Waals surface area contributed by atoms with Crippen LogP contribution in [0.3, 0.4) is 0 Å². The van der Waals surface area contributed by atoms with E-state index in [1.165, 1.54) is 6.07 Å². The summed E-state index contributed by atoms with van der Waals surface area (Å²) in [6.45, 7) is 0. The van der Waals surface area contributed by atoms with Crippen LogP contribution in [-0.4, -0.2) is 15.8 Å². The predicted octanol–water partition coefficient (Wildman–Crippen LogP) is 3.54. The van der Waals surface area contributed by atoms with Crippen molar-refractivity contribution in [2.75, 3.05) is 0 Å². The molecular weight excluding hydrogens is 381 g/mol. The number of rotatable bonds is 0. The van der Waals surface area contributed by atoms with Gasteiger partial charge in [0.2, 0.25) is 0 Å². The third kappa shape index (κ3) is 1.71. The summed E-state index contributed by atoms with van der Waals surface area (Å²) in [7, 11) is 0. The Morgan fingerprint density at radius 3 is 2.00 bits per heavy atom. The molecule has 102 valence electrons. The fraction of sp³-hybridized carbons (Fsp3) is 0.333. The molecule has 0 amide bonds. The van der Waals surface area contributed by atoms with E-state index in [4.69, 9.17) is 0 Å². The van der Waals surface area contributed by atoms with Crippen LogP contribution in [0.25, 0.3) is 0 Å². The summed E-state index contributed by atoms with van der Waals surface area (Å²) < 4.78 is 90.0. The zero-order valence-corrected chi connectivity index (χ0v) is 10.5. The van der Waals surface area contributed by atoms with E-state index in [1.807, 2.05) is 0 Å². The molecule has 0 bridgehead atoms. The summed E-state index contributed by atoms with van der Waals surface area (Å²) in [6, 6.07) is 4.01. The fourth-order valence-electron chi connectivity index (χ4n) is 1.63. The van der Waals surface area contributed by atoms with Crippen molar-refractivity contribution in [3.8, 4) is 0 Å². The molecule has 0 unspecified atom stereocenters. The van der Waals surface area contributed by atoms with Gasteiger partial charge in [0.15, 0.2) is 0 Å². The first-order valence-corrected chi connectivity index (χ1v) is 7.35. The summed E-state index contributed by atoms with van der Waals surface area (Å²) in [4.78, 5) is 0. The molecule has 0 radical (unpaired) electrons. The van der Waals surface area contributed by atoms with Crippen LogP contribution < -0.4 is 0 Å². The normalized spacial score (nSPS) is 20.9. The Hall–Kier alpha value is -0.550. The molecule has 1 aromatic rings. The average Bonchev–Trinajstić information content (AvgIpc) is 2.52. The monoisotopic (exact) mass is 386 g/mol. The molecule has 0 fully saturated rings. The van der Waals surface area contributed by atoms with Gasteiger partial charge in [0.05, 0.1) is 0 Å². The number of benzene rings is 1. The third-order valence-corrected chi connectivity index (χ3v) is 5.43. The van der Waals surface area contributed by atoms with Crippen molar-refractivity contribution in [1.29, 1.82) is 0 Å².